The number of esters is 1. The van der Waals surface area contributed by atoms with Gasteiger partial charge in [0.15, 0.2) is 6.10 Å². The van der Waals surface area contributed by atoms with Gasteiger partial charge < -0.3 is 9.47 Å². The smallest absolute Gasteiger partial charge is 0.339 e. The van der Waals surface area contributed by atoms with Crippen molar-refractivity contribution in [3.05, 3.63) is 35.9 Å². The van der Waals surface area contributed by atoms with Crippen LogP contribution in [0.2, 0.25) is 0 Å². The SMILES string of the molecule is CCOC(=O)[C@@H](OCC)c1ccccc1. The third-order valence-corrected chi connectivity index (χ3v) is 1.94. The lowest BCUT2D eigenvalue weighted by Gasteiger charge is -2.15. The molecule has 0 bridgehead atoms. The fraction of sp³-hybridized carbons (Fsp3) is 0.417. The van der Waals surface area contributed by atoms with Gasteiger partial charge in [-0.3, -0.25) is 0 Å². The molecule has 3 heteroatoms. The van der Waals surface area contributed by atoms with E-state index in [1.165, 1.54) is 0 Å². The van der Waals surface area contributed by atoms with Gasteiger partial charge in [-0.2, -0.15) is 0 Å². The third kappa shape index (κ3) is 3.36. The zero-order valence-electron chi connectivity index (χ0n) is 9.10. The second-order valence-corrected chi connectivity index (χ2v) is 3.00. The zero-order chi connectivity index (χ0) is 11.1. The van der Waals surface area contributed by atoms with Crippen LogP contribution in [0.1, 0.15) is 25.5 Å². The van der Waals surface area contributed by atoms with E-state index in [-0.39, 0.29) is 5.97 Å². The van der Waals surface area contributed by atoms with Crippen molar-refractivity contribution in [1.29, 1.82) is 0 Å². The van der Waals surface area contributed by atoms with Gasteiger partial charge in [0.1, 0.15) is 0 Å². The van der Waals surface area contributed by atoms with Gasteiger partial charge in [0.25, 0.3) is 0 Å². The van der Waals surface area contributed by atoms with Gasteiger partial charge in [0.05, 0.1) is 6.61 Å². The second kappa shape index (κ2) is 6.19. The number of ether oxygens (including phenoxy) is 2. The number of hydrogen-bond acceptors (Lipinski definition) is 3. The molecule has 0 unspecified atom stereocenters. The summed E-state index contributed by atoms with van der Waals surface area (Å²) in [5.41, 5.74) is 0.831. The summed E-state index contributed by atoms with van der Waals surface area (Å²) in [6, 6.07) is 9.37. The molecule has 1 aromatic carbocycles. The summed E-state index contributed by atoms with van der Waals surface area (Å²) in [4.78, 5) is 11.6. The molecule has 0 amide bonds. The lowest BCUT2D eigenvalue weighted by atomic mass is 10.1. The number of rotatable bonds is 5. The molecule has 0 N–H and O–H groups in total. The van der Waals surface area contributed by atoms with E-state index in [4.69, 9.17) is 9.47 Å². The van der Waals surface area contributed by atoms with Crippen LogP contribution >= 0.6 is 0 Å². The maximum Gasteiger partial charge on any atom is 0.339 e. The van der Waals surface area contributed by atoms with Crippen LogP contribution in [0.5, 0.6) is 0 Å². The van der Waals surface area contributed by atoms with Crippen molar-refractivity contribution in [2.45, 2.75) is 20.0 Å². The summed E-state index contributed by atoms with van der Waals surface area (Å²) in [6.07, 6.45) is -0.601. The van der Waals surface area contributed by atoms with Crippen LogP contribution < -0.4 is 0 Å². The zero-order valence-corrected chi connectivity index (χ0v) is 9.10. The van der Waals surface area contributed by atoms with Crippen molar-refractivity contribution >= 4 is 5.97 Å². The fourth-order valence-corrected chi connectivity index (χ4v) is 1.31. The van der Waals surface area contributed by atoms with Gasteiger partial charge in [-0.1, -0.05) is 30.3 Å². The number of carbonyl (C=O) groups excluding carboxylic acids is 1. The molecular weight excluding hydrogens is 192 g/mol. The largest absolute Gasteiger partial charge is 0.464 e. The van der Waals surface area contributed by atoms with Crippen LogP contribution in [-0.4, -0.2) is 19.2 Å². The monoisotopic (exact) mass is 208 g/mol. The van der Waals surface area contributed by atoms with E-state index in [1.807, 2.05) is 37.3 Å². The Labute approximate surface area is 90.0 Å². The Hall–Kier alpha value is -1.35. The first kappa shape index (κ1) is 11.7. The molecule has 0 aliphatic heterocycles. The van der Waals surface area contributed by atoms with Crippen molar-refractivity contribution in [3.8, 4) is 0 Å². The van der Waals surface area contributed by atoms with Gasteiger partial charge >= 0.3 is 5.97 Å². The molecule has 1 rings (SSSR count). The van der Waals surface area contributed by atoms with Crippen molar-refractivity contribution in [2.75, 3.05) is 13.2 Å². The maximum atomic E-state index is 11.6. The average molecular weight is 208 g/mol. The van der Waals surface area contributed by atoms with Gasteiger partial charge in [0.2, 0.25) is 0 Å². The van der Waals surface area contributed by atoms with Crippen LogP contribution in [0.3, 0.4) is 0 Å². The molecule has 0 aliphatic carbocycles. The predicted octanol–water partition coefficient (Wildman–Crippen LogP) is 2.33. The first-order valence-corrected chi connectivity index (χ1v) is 5.12. The molecule has 0 saturated heterocycles. The topological polar surface area (TPSA) is 35.5 Å². The molecule has 3 nitrogen and oxygen atoms in total. The lowest BCUT2D eigenvalue weighted by molar-refractivity contribution is -0.157. The molecule has 1 aromatic rings. The number of carbonyl (C=O) groups is 1. The van der Waals surface area contributed by atoms with Crippen molar-refractivity contribution in [2.24, 2.45) is 0 Å². The quantitative estimate of drug-likeness (QED) is 0.697. The maximum absolute atomic E-state index is 11.6. The van der Waals surface area contributed by atoms with Crippen LogP contribution in [0.4, 0.5) is 0 Å². The van der Waals surface area contributed by atoms with Crippen LogP contribution in [0.25, 0.3) is 0 Å². The normalized spacial score (nSPS) is 12.1. The Morgan fingerprint density at radius 1 is 1.20 bits per heavy atom. The first-order chi connectivity index (χ1) is 7.29. The van der Waals surface area contributed by atoms with Crippen molar-refractivity contribution in [1.82, 2.24) is 0 Å². The molecule has 0 radical (unpaired) electrons. The van der Waals surface area contributed by atoms with E-state index in [0.29, 0.717) is 13.2 Å². The standard InChI is InChI=1S/C12H16O3/c1-3-14-11(12(13)15-4-2)10-8-6-5-7-9-10/h5-9,11H,3-4H2,1-2H3/t11-/m0/s1. The Balaban J connectivity index is 2.78. The molecule has 0 aromatic heterocycles. The summed E-state index contributed by atoms with van der Waals surface area (Å²) in [5, 5.41) is 0. The summed E-state index contributed by atoms with van der Waals surface area (Å²) in [6.45, 7) is 4.49. The Kier molecular flexibility index (Phi) is 4.84. The number of benzene rings is 1. The summed E-state index contributed by atoms with van der Waals surface area (Å²) < 4.78 is 10.3. The van der Waals surface area contributed by atoms with Crippen LogP contribution in [0, 0.1) is 0 Å². The highest BCUT2D eigenvalue weighted by atomic mass is 16.6. The number of hydrogen-bond donors (Lipinski definition) is 0. The van der Waals surface area contributed by atoms with Gasteiger partial charge in [-0.25, -0.2) is 4.79 Å². The highest BCUT2D eigenvalue weighted by Gasteiger charge is 2.21. The minimum atomic E-state index is -0.601. The van der Waals surface area contributed by atoms with Crippen molar-refractivity contribution in [3.63, 3.8) is 0 Å². The van der Waals surface area contributed by atoms with Gasteiger partial charge in [0, 0.05) is 6.61 Å². The van der Waals surface area contributed by atoms with E-state index >= 15 is 0 Å². The second-order valence-electron chi connectivity index (χ2n) is 3.00. The molecule has 0 fully saturated rings. The first-order valence-electron chi connectivity index (χ1n) is 5.12. The lowest BCUT2D eigenvalue weighted by Crippen LogP contribution is -2.18. The third-order valence-electron chi connectivity index (χ3n) is 1.94. The summed E-state index contributed by atoms with van der Waals surface area (Å²) >= 11 is 0. The van der Waals surface area contributed by atoms with Gasteiger partial charge in [-0.05, 0) is 19.4 Å². The van der Waals surface area contributed by atoms with E-state index in [9.17, 15) is 4.79 Å². The van der Waals surface area contributed by atoms with E-state index in [2.05, 4.69) is 0 Å². The predicted molar refractivity (Wildman–Crippen MR) is 57.4 cm³/mol. The highest BCUT2D eigenvalue weighted by molar-refractivity contribution is 5.76. The molecule has 0 heterocycles. The Morgan fingerprint density at radius 3 is 2.40 bits per heavy atom. The molecular formula is C12H16O3. The van der Waals surface area contributed by atoms with Crippen molar-refractivity contribution < 1.29 is 14.3 Å². The van der Waals surface area contributed by atoms with Crippen LogP contribution in [-0.2, 0) is 14.3 Å². The molecule has 82 valence electrons. The summed E-state index contributed by atoms with van der Waals surface area (Å²) in [7, 11) is 0. The summed E-state index contributed by atoms with van der Waals surface area (Å²) in [5.74, 6) is -0.328. The van der Waals surface area contributed by atoms with E-state index in [0.717, 1.165) is 5.56 Å². The molecule has 1 atom stereocenters. The minimum Gasteiger partial charge on any atom is -0.464 e. The van der Waals surface area contributed by atoms with E-state index < -0.39 is 6.10 Å². The molecule has 0 saturated carbocycles. The Morgan fingerprint density at radius 2 is 1.87 bits per heavy atom. The minimum absolute atomic E-state index is 0.328. The van der Waals surface area contributed by atoms with Gasteiger partial charge in [-0.15, -0.1) is 0 Å². The fourth-order valence-electron chi connectivity index (χ4n) is 1.31. The highest BCUT2D eigenvalue weighted by Crippen LogP contribution is 2.18. The molecule has 0 spiro atoms. The average Bonchev–Trinajstić information content (AvgIpc) is 2.27. The molecule has 0 aliphatic rings. The van der Waals surface area contributed by atoms with E-state index in [1.54, 1.807) is 6.92 Å². The van der Waals surface area contributed by atoms with Crippen LogP contribution in [0.15, 0.2) is 30.3 Å². The molecule has 15 heavy (non-hydrogen) atoms. The Bertz CT molecular complexity index is 295.